The Hall–Kier alpha value is -1.35. The van der Waals surface area contributed by atoms with Crippen LogP contribution in [0.25, 0.3) is 0 Å². The van der Waals surface area contributed by atoms with Crippen LogP contribution in [0.3, 0.4) is 0 Å². The van der Waals surface area contributed by atoms with E-state index in [1.807, 2.05) is 39.8 Å². The molecule has 0 spiro atoms. The summed E-state index contributed by atoms with van der Waals surface area (Å²) in [5.41, 5.74) is 1.25. The topological polar surface area (TPSA) is 57.5 Å². The van der Waals surface area contributed by atoms with E-state index in [0.29, 0.717) is 5.56 Å². The number of aliphatic hydroxyl groups excluding tert-OH is 1. The Balaban J connectivity index is 3.04. The Labute approximate surface area is 102 Å². The molecule has 94 valence electrons. The molecule has 3 heteroatoms. The van der Waals surface area contributed by atoms with E-state index in [9.17, 15) is 15.0 Å². The van der Waals surface area contributed by atoms with Crippen LogP contribution in [0, 0.1) is 18.3 Å². The Bertz CT molecular complexity index is 387. The number of carboxylic acids is 1. The monoisotopic (exact) mass is 236 g/mol. The molecule has 0 bridgehead atoms. The zero-order valence-corrected chi connectivity index (χ0v) is 10.8. The van der Waals surface area contributed by atoms with E-state index >= 15 is 0 Å². The van der Waals surface area contributed by atoms with Gasteiger partial charge in [-0.2, -0.15) is 0 Å². The van der Waals surface area contributed by atoms with E-state index in [0.717, 1.165) is 5.56 Å². The smallest absolute Gasteiger partial charge is 0.310 e. The predicted octanol–water partition coefficient (Wildman–Crippen LogP) is 2.78. The molecule has 0 aliphatic rings. The van der Waals surface area contributed by atoms with E-state index in [2.05, 4.69) is 0 Å². The molecule has 0 fully saturated rings. The van der Waals surface area contributed by atoms with Gasteiger partial charge in [-0.05, 0) is 17.9 Å². The van der Waals surface area contributed by atoms with E-state index in [-0.39, 0.29) is 0 Å². The molecule has 17 heavy (non-hydrogen) atoms. The molecule has 2 atom stereocenters. The first kappa shape index (κ1) is 13.7. The van der Waals surface area contributed by atoms with Crippen LogP contribution in [0.5, 0.6) is 0 Å². The Morgan fingerprint density at radius 1 is 1.18 bits per heavy atom. The number of rotatable bonds is 3. The fourth-order valence-electron chi connectivity index (χ4n) is 1.94. The summed E-state index contributed by atoms with van der Waals surface area (Å²) in [6, 6.07) is 7.31. The molecule has 2 N–H and O–H groups in total. The molecule has 0 heterocycles. The summed E-state index contributed by atoms with van der Waals surface area (Å²) in [5.74, 6) is -1.78. The van der Waals surface area contributed by atoms with Crippen LogP contribution in [-0.2, 0) is 4.79 Å². The maximum Gasteiger partial charge on any atom is 0.310 e. The number of carboxylic acid groups (broad SMARTS) is 1. The van der Waals surface area contributed by atoms with Gasteiger partial charge in [-0.15, -0.1) is 0 Å². The van der Waals surface area contributed by atoms with Crippen LogP contribution in [0.4, 0.5) is 0 Å². The molecule has 0 radical (unpaired) electrons. The maximum absolute atomic E-state index is 11.3. The lowest BCUT2D eigenvalue weighted by atomic mass is 9.75. The maximum atomic E-state index is 11.3. The quantitative estimate of drug-likeness (QED) is 0.848. The van der Waals surface area contributed by atoms with Crippen LogP contribution in [0.1, 0.15) is 38.0 Å². The number of hydrogen-bond donors (Lipinski definition) is 2. The van der Waals surface area contributed by atoms with Crippen LogP contribution in [0.15, 0.2) is 24.3 Å². The number of aliphatic hydroxyl groups is 1. The van der Waals surface area contributed by atoms with Gasteiger partial charge in [-0.1, -0.05) is 50.6 Å². The van der Waals surface area contributed by atoms with Crippen LogP contribution < -0.4 is 0 Å². The molecule has 0 aliphatic carbocycles. The first-order valence-electron chi connectivity index (χ1n) is 5.71. The molecule has 0 aliphatic heterocycles. The largest absolute Gasteiger partial charge is 0.481 e. The zero-order valence-electron chi connectivity index (χ0n) is 10.8. The van der Waals surface area contributed by atoms with E-state index in [1.54, 1.807) is 12.1 Å². The van der Waals surface area contributed by atoms with Gasteiger partial charge in [0.25, 0.3) is 0 Å². The second kappa shape index (κ2) is 4.88. The van der Waals surface area contributed by atoms with Crippen molar-refractivity contribution < 1.29 is 15.0 Å². The normalized spacial score (nSPS) is 15.4. The van der Waals surface area contributed by atoms with Crippen molar-refractivity contribution in [3.8, 4) is 0 Å². The van der Waals surface area contributed by atoms with Gasteiger partial charge in [0, 0.05) is 0 Å². The SMILES string of the molecule is Cc1ccc(C(O)C(C(=O)O)C(C)(C)C)cc1. The standard InChI is InChI=1S/C14H20O3/c1-9-5-7-10(8-6-9)12(15)11(13(16)17)14(2,3)4/h5-8,11-12,15H,1-4H3,(H,16,17). The highest BCUT2D eigenvalue weighted by Gasteiger charge is 2.37. The molecule has 2 unspecified atom stereocenters. The van der Waals surface area contributed by atoms with Crippen molar-refractivity contribution in [3.63, 3.8) is 0 Å². The number of hydrogen-bond acceptors (Lipinski definition) is 2. The summed E-state index contributed by atoms with van der Waals surface area (Å²) in [5, 5.41) is 19.4. The molecule has 1 aromatic rings. The molecule has 1 rings (SSSR count). The summed E-state index contributed by atoms with van der Waals surface area (Å²) in [6.07, 6.45) is -0.979. The van der Waals surface area contributed by atoms with Crippen LogP contribution in [0.2, 0.25) is 0 Å². The fourth-order valence-corrected chi connectivity index (χ4v) is 1.94. The summed E-state index contributed by atoms with van der Waals surface area (Å²) >= 11 is 0. The van der Waals surface area contributed by atoms with Gasteiger partial charge >= 0.3 is 5.97 Å². The van der Waals surface area contributed by atoms with Crippen LogP contribution in [-0.4, -0.2) is 16.2 Å². The average molecular weight is 236 g/mol. The Kier molecular flexibility index (Phi) is 3.94. The summed E-state index contributed by atoms with van der Waals surface area (Å²) < 4.78 is 0. The minimum Gasteiger partial charge on any atom is -0.481 e. The third-order valence-electron chi connectivity index (χ3n) is 2.93. The third kappa shape index (κ3) is 3.30. The van der Waals surface area contributed by atoms with Crippen molar-refractivity contribution in [1.29, 1.82) is 0 Å². The van der Waals surface area contributed by atoms with Crippen molar-refractivity contribution in [1.82, 2.24) is 0 Å². The Morgan fingerprint density at radius 2 is 1.65 bits per heavy atom. The first-order valence-corrected chi connectivity index (χ1v) is 5.71. The zero-order chi connectivity index (χ0) is 13.2. The summed E-state index contributed by atoms with van der Waals surface area (Å²) in [7, 11) is 0. The lowest BCUT2D eigenvalue weighted by Gasteiger charge is -2.31. The van der Waals surface area contributed by atoms with Crippen molar-refractivity contribution in [3.05, 3.63) is 35.4 Å². The van der Waals surface area contributed by atoms with Gasteiger partial charge in [0.1, 0.15) is 0 Å². The first-order chi connectivity index (χ1) is 7.73. The molecule has 0 amide bonds. The average Bonchev–Trinajstić information content (AvgIpc) is 2.15. The molecular weight excluding hydrogens is 216 g/mol. The lowest BCUT2D eigenvalue weighted by molar-refractivity contribution is -0.151. The Morgan fingerprint density at radius 3 is 2.00 bits per heavy atom. The van der Waals surface area contributed by atoms with Gasteiger partial charge in [0.05, 0.1) is 12.0 Å². The summed E-state index contributed by atoms with van der Waals surface area (Å²) in [4.78, 5) is 11.3. The van der Waals surface area contributed by atoms with Gasteiger partial charge in [-0.3, -0.25) is 4.79 Å². The van der Waals surface area contributed by atoms with Crippen molar-refractivity contribution in [2.75, 3.05) is 0 Å². The number of aryl methyl sites for hydroxylation is 1. The van der Waals surface area contributed by atoms with Crippen molar-refractivity contribution in [2.45, 2.75) is 33.8 Å². The van der Waals surface area contributed by atoms with E-state index in [4.69, 9.17) is 0 Å². The van der Waals surface area contributed by atoms with E-state index in [1.165, 1.54) is 0 Å². The fraction of sp³-hybridized carbons (Fsp3) is 0.500. The highest BCUT2D eigenvalue weighted by molar-refractivity contribution is 5.72. The third-order valence-corrected chi connectivity index (χ3v) is 2.93. The number of carbonyl (C=O) groups is 1. The summed E-state index contributed by atoms with van der Waals surface area (Å²) in [6.45, 7) is 7.42. The number of benzene rings is 1. The number of aliphatic carboxylic acids is 1. The molecule has 3 nitrogen and oxygen atoms in total. The molecular formula is C14H20O3. The minimum absolute atomic E-state index is 0.490. The molecule has 0 saturated heterocycles. The minimum atomic E-state index is -0.979. The van der Waals surface area contributed by atoms with Gasteiger partial charge in [0.2, 0.25) is 0 Å². The van der Waals surface area contributed by atoms with Gasteiger partial charge in [0.15, 0.2) is 0 Å². The highest BCUT2D eigenvalue weighted by Crippen LogP contribution is 2.36. The highest BCUT2D eigenvalue weighted by atomic mass is 16.4. The molecule has 0 aromatic heterocycles. The second-order valence-corrected chi connectivity index (χ2v) is 5.54. The lowest BCUT2D eigenvalue weighted by Crippen LogP contribution is -2.33. The van der Waals surface area contributed by atoms with Gasteiger partial charge < -0.3 is 10.2 Å². The second-order valence-electron chi connectivity index (χ2n) is 5.54. The van der Waals surface area contributed by atoms with Crippen molar-refractivity contribution in [2.24, 2.45) is 11.3 Å². The molecule has 0 saturated carbocycles. The van der Waals surface area contributed by atoms with Crippen LogP contribution >= 0.6 is 0 Å². The van der Waals surface area contributed by atoms with Crippen molar-refractivity contribution >= 4 is 5.97 Å². The molecule has 1 aromatic carbocycles. The van der Waals surface area contributed by atoms with Gasteiger partial charge in [-0.25, -0.2) is 0 Å². The van der Waals surface area contributed by atoms with E-state index < -0.39 is 23.4 Å². The predicted molar refractivity (Wildman–Crippen MR) is 66.7 cm³/mol.